The van der Waals surface area contributed by atoms with Crippen LogP contribution in [0.25, 0.3) is 10.4 Å². The van der Waals surface area contributed by atoms with E-state index < -0.39 is 54.4 Å². The predicted octanol–water partition coefficient (Wildman–Crippen LogP) is 3.30. The first-order chi connectivity index (χ1) is 18.2. The van der Waals surface area contributed by atoms with Crippen molar-refractivity contribution in [2.75, 3.05) is 12.3 Å². The predicted molar refractivity (Wildman–Crippen MR) is 134 cm³/mol. The first kappa shape index (κ1) is 30.6. The van der Waals surface area contributed by atoms with Gasteiger partial charge in [-0.25, -0.2) is 4.79 Å². The van der Waals surface area contributed by atoms with Gasteiger partial charge in [-0.3, -0.25) is 19.0 Å². The molecule has 0 spiro atoms. The molecule has 38 heavy (non-hydrogen) atoms. The van der Waals surface area contributed by atoms with Crippen molar-refractivity contribution in [2.45, 2.75) is 103 Å². The summed E-state index contributed by atoms with van der Waals surface area (Å²) in [5, 5.41) is 3.72. The van der Waals surface area contributed by atoms with Crippen LogP contribution in [-0.4, -0.2) is 52.0 Å². The van der Waals surface area contributed by atoms with Crippen molar-refractivity contribution in [1.82, 2.24) is 9.55 Å². The number of rotatable bonds is 15. The zero-order chi connectivity index (χ0) is 28.1. The summed E-state index contributed by atoms with van der Waals surface area (Å²) < 4.78 is 23.7. The minimum Gasteiger partial charge on any atom is -0.462 e. The SMILES string of the molecule is CCCCC(=O)OC[C@@]1(N=[N+]=[N-])OC(n2ccc(N)nc2=O)[C@H](OC(=O)CCCC)[C@@H]1OC(=O)CCCC. The van der Waals surface area contributed by atoms with Crippen molar-refractivity contribution in [3.63, 3.8) is 0 Å². The van der Waals surface area contributed by atoms with Gasteiger partial charge in [0.2, 0.25) is 5.72 Å². The molecule has 210 valence electrons. The molecule has 2 N–H and O–H groups in total. The summed E-state index contributed by atoms with van der Waals surface area (Å²) in [6, 6.07) is 1.32. The molecule has 0 aliphatic carbocycles. The van der Waals surface area contributed by atoms with Crippen LogP contribution in [0.4, 0.5) is 5.82 Å². The lowest BCUT2D eigenvalue weighted by Crippen LogP contribution is -2.49. The molecule has 2 rings (SSSR count). The maximum atomic E-state index is 12.7. The second kappa shape index (κ2) is 14.9. The molecular weight excluding hydrogens is 500 g/mol. The van der Waals surface area contributed by atoms with Crippen LogP contribution in [0.15, 0.2) is 22.2 Å². The Morgan fingerprint density at radius 3 is 2.21 bits per heavy atom. The topological polar surface area (TPSA) is 198 Å². The monoisotopic (exact) mass is 536 g/mol. The number of nitrogens with zero attached hydrogens (tertiary/aromatic N) is 5. The smallest absolute Gasteiger partial charge is 0.351 e. The molecular formula is C24H36N6O8. The zero-order valence-corrected chi connectivity index (χ0v) is 22.0. The second-order valence-corrected chi connectivity index (χ2v) is 8.92. The van der Waals surface area contributed by atoms with Gasteiger partial charge in [0.1, 0.15) is 12.4 Å². The maximum absolute atomic E-state index is 12.7. The number of nitrogens with two attached hydrogens (primary N) is 1. The molecule has 1 unspecified atom stereocenters. The first-order valence-corrected chi connectivity index (χ1v) is 12.8. The minimum atomic E-state index is -2.14. The van der Waals surface area contributed by atoms with E-state index >= 15 is 0 Å². The number of aromatic nitrogens is 2. The highest BCUT2D eigenvalue weighted by Gasteiger charge is 2.61. The third kappa shape index (κ3) is 8.18. The normalized spacial score (nSPS) is 22.3. The standard InChI is InChI=1S/C24H36N6O8/c1-4-7-10-17(31)35-15-24(28-29-26)21(37-19(33)12-9-6-3)20(36-18(32)11-8-5-2)22(38-24)30-14-13-16(25)27-23(30)34/h13-14,20-22H,4-12,15H2,1-3H3,(H2,25,27,34)/t20-,21+,22?,24-/m1/s1. The molecule has 1 aliphatic heterocycles. The molecule has 1 fully saturated rings. The molecule has 14 heteroatoms. The Kier molecular flexibility index (Phi) is 12.0. The van der Waals surface area contributed by atoms with E-state index in [0.29, 0.717) is 32.1 Å². The van der Waals surface area contributed by atoms with Crippen molar-refractivity contribution >= 4 is 23.7 Å². The Labute approximate surface area is 220 Å². The number of azide groups is 1. The summed E-state index contributed by atoms with van der Waals surface area (Å²) in [5.41, 5.74) is 12.0. The Morgan fingerprint density at radius 1 is 1.08 bits per heavy atom. The Hall–Kier alpha value is -3.64. The fourth-order valence-electron chi connectivity index (χ4n) is 3.80. The number of unbranched alkanes of at least 4 members (excludes halogenated alkanes) is 3. The van der Waals surface area contributed by atoms with Crippen molar-refractivity contribution in [1.29, 1.82) is 0 Å². The Balaban J connectivity index is 2.58. The van der Waals surface area contributed by atoms with E-state index in [4.69, 9.17) is 24.7 Å². The molecule has 0 aromatic carbocycles. The number of carbonyl (C=O) groups excluding carboxylic acids is 3. The summed E-state index contributed by atoms with van der Waals surface area (Å²) in [7, 11) is 0. The minimum absolute atomic E-state index is 0.0280. The van der Waals surface area contributed by atoms with E-state index in [9.17, 15) is 24.7 Å². The largest absolute Gasteiger partial charge is 0.462 e. The highest BCUT2D eigenvalue weighted by molar-refractivity contribution is 5.71. The third-order valence-electron chi connectivity index (χ3n) is 5.86. The first-order valence-electron chi connectivity index (χ1n) is 12.8. The van der Waals surface area contributed by atoms with E-state index in [0.717, 1.165) is 11.0 Å². The number of anilines is 1. The van der Waals surface area contributed by atoms with Crippen molar-refractivity contribution < 1.29 is 33.3 Å². The van der Waals surface area contributed by atoms with Crippen LogP contribution >= 0.6 is 0 Å². The van der Waals surface area contributed by atoms with Gasteiger partial charge in [0.15, 0.2) is 18.4 Å². The molecule has 4 atom stereocenters. The lowest BCUT2D eigenvalue weighted by Gasteiger charge is -2.29. The van der Waals surface area contributed by atoms with Gasteiger partial charge in [-0.1, -0.05) is 45.1 Å². The number of hydrogen-bond donors (Lipinski definition) is 1. The van der Waals surface area contributed by atoms with Crippen LogP contribution in [0.3, 0.4) is 0 Å². The average Bonchev–Trinajstić information content (AvgIpc) is 3.16. The summed E-state index contributed by atoms with van der Waals surface area (Å²) in [6.07, 6.45) is 0.792. The van der Waals surface area contributed by atoms with Crippen molar-refractivity contribution in [3.05, 3.63) is 33.2 Å². The van der Waals surface area contributed by atoms with Gasteiger partial charge >= 0.3 is 23.6 Å². The number of ether oxygens (including phenoxy) is 4. The van der Waals surface area contributed by atoms with Gasteiger partial charge in [0, 0.05) is 30.4 Å². The number of carbonyl (C=O) groups is 3. The lowest BCUT2D eigenvalue weighted by molar-refractivity contribution is -0.179. The molecule has 0 radical (unpaired) electrons. The summed E-state index contributed by atoms with van der Waals surface area (Å²) in [5.74, 6) is -1.97. The quantitative estimate of drug-likeness (QED) is 0.114. The van der Waals surface area contributed by atoms with Gasteiger partial charge in [-0.05, 0) is 30.9 Å². The molecule has 1 saturated heterocycles. The fraction of sp³-hybridized carbons (Fsp3) is 0.708. The zero-order valence-electron chi connectivity index (χ0n) is 22.0. The van der Waals surface area contributed by atoms with Crippen molar-refractivity contribution in [2.24, 2.45) is 5.11 Å². The highest BCUT2D eigenvalue weighted by Crippen LogP contribution is 2.42. The summed E-state index contributed by atoms with van der Waals surface area (Å²) in [6.45, 7) is 5.04. The van der Waals surface area contributed by atoms with Crippen LogP contribution < -0.4 is 11.4 Å². The third-order valence-corrected chi connectivity index (χ3v) is 5.86. The van der Waals surface area contributed by atoms with E-state index in [2.05, 4.69) is 15.0 Å². The molecule has 14 nitrogen and oxygen atoms in total. The molecule has 0 bridgehead atoms. The summed E-state index contributed by atoms with van der Waals surface area (Å²) >= 11 is 0. The molecule has 0 amide bonds. The molecule has 1 aromatic heterocycles. The molecule has 0 saturated carbocycles. The molecule has 2 heterocycles. The van der Waals surface area contributed by atoms with E-state index in [1.54, 1.807) is 0 Å². The van der Waals surface area contributed by atoms with Crippen LogP contribution in [0.2, 0.25) is 0 Å². The van der Waals surface area contributed by atoms with Crippen LogP contribution in [0.5, 0.6) is 0 Å². The second-order valence-electron chi connectivity index (χ2n) is 8.92. The van der Waals surface area contributed by atoms with Crippen LogP contribution in [-0.2, 0) is 33.3 Å². The number of hydrogen-bond acceptors (Lipinski definition) is 11. The molecule has 1 aromatic rings. The van der Waals surface area contributed by atoms with Gasteiger partial charge in [0.05, 0.1) is 0 Å². The van der Waals surface area contributed by atoms with Gasteiger partial charge in [0.25, 0.3) is 0 Å². The average molecular weight is 537 g/mol. The van der Waals surface area contributed by atoms with E-state index in [-0.39, 0.29) is 25.1 Å². The molecule has 1 aliphatic rings. The number of nitrogen functional groups attached to an aromatic ring is 1. The van der Waals surface area contributed by atoms with E-state index in [1.807, 2.05) is 20.8 Å². The van der Waals surface area contributed by atoms with Crippen molar-refractivity contribution in [3.8, 4) is 0 Å². The summed E-state index contributed by atoms with van der Waals surface area (Å²) in [4.78, 5) is 57.0. The van der Waals surface area contributed by atoms with Gasteiger partial charge in [-0.15, -0.1) is 0 Å². The van der Waals surface area contributed by atoms with E-state index in [1.165, 1.54) is 12.3 Å². The van der Waals surface area contributed by atoms with Gasteiger partial charge < -0.3 is 24.7 Å². The van der Waals surface area contributed by atoms with Crippen LogP contribution in [0.1, 0.15) is 84.8 Å². The van der Waals surface area contributed by atoms with Crippen LogP contribution in [0, 0.1) is 0 Å². The Morgan fingerprint density at radius 2 is 1.66 bits per heavy atom. The highest BCUT2D eigenvalue weighted by atomic mass is 16.7. The maximum Gasteiger partial charge on any atom is 0.351 e. The Bertz CT molecular complexity index is 1070. The van der Waals surface area contributed by atoms with Gasteiger partial charge in [-0.2, -0.15) is 4.98 Å². The number of esters is 3. The fourth-order valence-corrected chi connectivity index (χ4v) is 3.80. The lowest BCUT2D eigenvalue weighted by atomic mass is 10.0.